The van der Waals surface area contributed by atoms with Crippen LogP contribution in [0.4, 0.5) is 0 Å². The largest absolute Gasteiger partial charge is 0.398 e. The minimum atomic E-state index is 0.455. The number of unbranched alkanes of at least 4 members (excludes halogenated alkanes) is 1. The summed E-state index contributed by atoms with van der Waals surface area (Å²) in [4.78, 5) is 9.09. The zero-order valence-corrected chi connectivity index (χ0v) is 26.5. The first-order valence-corrected chi connectivity index (χ1v) is 14.9. The number of nitrogens with two attached hydrogens (primary N) is 2. The van der Waals surface area contributed by atoms with E-state index in [-0.39, 0.29) is 0 Å². The van der Waals surface area contributed by atoms with Crippen LogP contribution in [0.3, 0.4) is 0 Å². The van der Waals surface area contributed by atoms with Crippen molar-refractivity contribution in [3.8, 4) is 40.7 Å². The van der Waals surface area contributed by atoms with Crippen molar-refractivity contribution in [2.75, 3.05) is 0 Å². The maximum atomic E-state index is 9.31. The Balaban J connectivity index is 1.89. The molecule has 3 rings (SSSR count). The molecule has 0 spiro atoms. The standard InChI is InChI=1S/C40H37N7/c1-29(25-42)20-31(3)38(45)16-9-7-14-33-21-32(13-6-8-15-37(44)30(2)12-5-4-10-19-41)22-35(23-33)39-17-11-18-40(47-39)36-24-34(26-43)27-46-28-36/h5-9,11-12,15-18,20-24,27-28H,2-4,10,13-14,44-45H2,1H3/b8-6-,9-7-,12-5-,29-20+,37-15-,38-16-. The maximum absolute atomic E-state index is 9.31. The Morgan fingerprint density at radius 1 is 0.830 bits per heavy atom. The molecule has 7 nitrogen and oxygen atoms in total. The number of nitriles is 3. The highest BCUT2D eigenvalue weighted by Gasteiger charge is 2.08. The van der Waals surface area contributed by atoms with Gasteiger partial charge in [-0.2, -0.15) is 15.8 Å². The number of nitrogens with zero attached hydrogens (tertiary/aromatic N) is 5. The number of hydrogen-bond acceptors (Lipinski definition) is 7. The zero-order chi connectivity index (χ0) is 34.0. The lowest BCUT2D eigenvalue weighted by Gasteiger charge is -2.10. The normalized spacial score (nSPS) is 12.3. The maximum Gasteiger partial charge on any atom is 0.101 e. The van der Waals surface area contributed by atoms with E-state index >= 15 is 0 Å². The average molecular weight is 616 g/mol. The van der Waals surface area contributed by atoms with E-state index in [1.54, 1.807) is 31.3 Å². The fourth-order valence-electron chi connectivity index (χ4n) is 4.36. The third-order valence-corrected chi connectivity index (χ3v) is 6.84. The van der Waals surface area contributed by atoms with E-state index < -0.39 is 0 Å². The Hall–Kier alpha value is -6.49. The molecule has 232 valence electrons. The second-order valence-corrected chi connectivity index (χ2v) is 10.6. The number of rotatable bonds is 14. The summed E-state index contributed by atoms with van der Waals surface area (Å²) in [7, 11) is 0. The Kier molecular flexibility index (Phi) is 13.7. The van der Waals surface area contributed by atoms with Crippen LogP contribution >= 0.6 is 0 Å². The molecule has 0 atom stereocenters. The number of allylic oxidation sites excluding steroid dienone is 10. The molecule has 0 bridgehead atoms. The van der Waals surface area contributed by atoms with E-state index in [1.165, 1.54) is 6.20 Å². The van der Waals surface area contributed by atoms with E-state index in [0.29, 0.717) is 59.4 Å². The monoisotopic (exact) mass is 615 g/mol. The lowest BCUT2D eigenvalue weighted by atomic mass is 9.98. The number of benzene rings is 1. The molecular weight excluding hydrogens is 578 g/mol. The Bertz CT molecular complexity index is 1930. The van der Waals surface area contributed by atoms with Crippen molar-refractivity contribution in [2.45, 2.75) is 32.6 Å². The van der Waals surface area contributed by atoms with Gasteiger partial charge in [0.1, 0.15) is 6.07 Å². The molecular formula is C40H37N7. The topological polar surface area (TPSA) is 149 Å². The van der Waals surface area contributed by atoms with Gasteiger partial charge in [-0.3, -0.25) is 4.98 Å². The van der Waals surface area contributed by atoms with Gasteiger partial charge >= 0.3 is 0 Å². The molecule has 0 fully saturated rings. The van der Waals surface area contributed by atoms with Gasteiger partial charge in [0.05, 0.1) is 29.1 Å². The minimum Gasteiger partial charge on any atom is -0.398 e. The summed E-state index contributed by atoms with van der Waals surface area (Å²) in [6.07, 6.45) is 22.5. The van der Waals surface area contributed by atoms with Crippen LogP contribution in [0.5, 0.6) is 0 Å². The predicted octanol–water partition coefficient (Wildman–Crippen LogP) is 8.01. The van der Waals surface area contributed by atoms with Gasteiger partial charge in [0.25, 0.3) is 0 Å². The highest BCUT2D eigenvalue weighted by molar-refractivity contribution is 5.67. The van der Waals surface area contributed by atoms with Gasteiger partial charge in [-0.15, -0.1) is 0 Å². The molecule has 0 aliphatic carbocycles. The van der Waals surface area contributed by atoms with Crippen LogP contribution in [-0.2, 0) is 12.8 Å². The quantitative estimate of drug-likeness (QED) is 0.106. The Labute approximate surface area is 277 Å². The fraction of sp³-hybridized carbons (Fsp3) is 0.125. The summed E-state index contributed by atoms with van der Waals surface area (Å²) in [5.41, 5.74) is 21.0. The first kappa shape index (κ1) is 35.0. The molecule has 1 aromatic carbocycles. The Morgan fingerprint density at radius 2 is 1.47 bits per heavy atom. The van der Waals surface area contributed by atoms with Crippen LogP contribution < -0.4 is 11.5 Å². The van der Waals surface area contributed by atoms with Gasteiger partial charge in [0.2, 0.25) is 0 Å². The fourth-order valence-corrected chi connectivity index (χ4v) is 4.36. The van der Waals surface area contributed by atoms with Crippen molar-refractivity contribution in [2.24, 2.45) is 11.5 Å². The third kappa shape index (κ3) is 11.5. The van der Waals surface area contributed by atoms with Gasteiger partial charge in [-0.1, -0.05) is 61.7 Å². The molecule has 7 heteroatoms. The van der Waals surface area contributed by atoms with Crippen molar-refractivity contribution in [1.29, 1.82) is 15.8 Å². The van der Waals surface area contributed by atoms with Crippen molar-refractivity contribution >= 4 is 0 Å². The highest BCUT2D eigenvalue weighted by Crippen LogP contribution is 2.26. The molecule has 0 radical (unpaired) electrons. The van der Waals surface area contributed by atoms with Gasteiger partial charge in [0, 0.05) is 46.9 Å². The SMILES string of the molecule is C=C(/C=C\CCC#N)/C(N)=C/C=C\Cc1cc(C/C=C\C=C(/N)C(=C)/C=C(\C)C#N)cc(-c2cccc(-c3cncc(C#N)c3)n2)c1. The van der Waals surface area contributed by atoms with Crippen molar-refractivity contribution in [3.63, 3.8) is 0 Å². The molecule has 3 aromatic rings. The predicted molar refractivity (Wildman–Crippen MR) is 189 cm³/mol. The molecule has 0 aliphatic rings. The van der Waals surface area contributed by atoms with Gasteiger partial charge in [-0.25, -0.2) is 4.98 Å². The third-order valence-electron chi connectivity index (χ3n) is 6.84. The van der Waals surface area contributed by atoms with Crippen LogP contribution in [0.1, 0.15) is 36.5 Å². The lowest BCUT2D eigenvalue weighted by Crippen LogP contribution is -1.98. The average Bonchev–Trinajstić information content (AvgIpc) is 3.10. The summed E-state index contributed by atoms with van der Waals surface area (Å²) in [5, 5.41) is 27.0. The van der Waals surface area contributed by atoms with E-state index in [9.17, 15) is 5.26 Å². The van der Waals surface area contributed by atoms with Crippen LogP contribution in [0.25, 0.3) is 22.5 Å². The van der Waals surface area contributed by atoms with Crippen LogP contribution in [0.15, 0.2) is 151 Å². The van der Waals surface area contributed by atoms with E-state index in [2.05, 4.69) is 54.5 Å². The smallest absolute Gasteiger partial charge is 0.101 e. The highest BCUT2D eigenvalue weighted by atomic mass is 14.7. The van der Waals surface area contributed by atoms with Crippen LogP contribution in [0.2, 0.25) is 0 Å². The van der Waals surface area contributed by atoms with Gasteiger partial charge in [-0.05, 0) is 97.0 Å². The molecule has 4 N–H and O–H groups in total. The summed E-state index contributed by atoms with van der Waals surface area (Å²) in [6.45, 7) is 9.63. The molecule has 47 heavy (non-hydrogen) atoms. The number of hydrogen-bond donors (Lipinski definition) is 2. The molecule has 0 saturated heterocycles. The number of pyridine rings is 2. The summed E-state index contributed by atoms with van der Waals surface area (Å²) < 4.78 is 0. The van der Waals surface area contributed by atoms with E-state index in [0.717, 1.165) is 33.6 Å². The molecule has 0 saturated carbocycles. The summed E-state index contributed by atoms with van der Waals surface area (Å²) >= 11 is 0. The molecule has 0 unspecified atom stereocenters. The van der Waals surface area contributed by atoms with E-state index in [1.807, 2.05) is 60.7 Å². The molecule has 2 heterocycles. The summed E-state index contributed by atoms with van der Waals surface area (Å²) in [6, 6.07) is 20.3. The summed E-state index contributed by atoms with van der Waals surface area (Å²) in [5.74, 6) is 0. The van der Waals surface area contributed by atoms with Crippen LogP contribution in [-0.4, -0.2) is 9.97 Å². The van der Waals surface area contributed by atoms with Gasteiger partial charge in [0.15, 0.2) is 0 Å². The first-order chi connectivity index (χ1) is 22.7. The first-order valence-electron chi connectivity index (χ1n) is 14.9. The van der Waals surface area contributed by atoms with Crippen molar-refractivity contribution < 1.29 is 0 Å². The second kappa shape index (κ2) is 18.3. The van der Waals surface area contributed by atoms with Gasteiger partial charge < -0.3 is 11.5 Å². The lowest BCUT2D eigenvalue weighted by molar-refractivity contribution is 1.06. The molecule has 0 aliphatic heterocycles. The number of aromatic nitrogens is 2. The van der Waals surface area contributed by atoms with Crippen molar-refractivity contribution in [3.05, 3.63) is 168 Å². The van der Waals surface area contributed by atoms with Crippen molar-refractivity contribution in [1.82, 2.24) is 9.97 Å². The molecule has 2 aromatic heterocycles. The second-order valence-electron chi connectivity index (χ2n) is 10.6. The minimum absolute atomic E-state index is 0.455. The van der Waals surface area contributed by atoms with Crippen LogP contribution in [0, 0.1) is 34.0 Å². The molecule has 0 amide bonds. The zero-order valence-electron chi connectivity index (χ0n) is 26.5. The van der Waals surface area contributed by atoms with E-state index in [4.69, 9.17) is 27.0 Å². The Morgan fingerprint density at radius 3 is 2.09 bits per heavy atom.